The van der Waals surface area contributed by atoms with E-state index in [1.807, 2.05) is 13.8 Å². The third-order valence-electron chi connectivity index (χ3n) is 2.86. The van der Waals surface area contributed by atoms with Crippen LogP contribution in [0.4, 0.5) is 4.39 Å². The molecule has 1 aromatic carbocycles. The average Bonchev–Trinajstić information content (AvgIpc) is 2.15. The Balaban J connectivity index is 2.90. The van der Waals surface area contributed by atoms with Gasteiger partial charge in [-0.05, 0) is 43.4 Å². The van der Waals surface area contributed by atoms with Crippen LogP contribution in [0, 0.1) is 17.2 Å². The Morgan fingerprint density at radius 2 is 2.12 bits per heavy atom. The summed E-state index contributed by atoms with van der Waals surface area (Å²) in [6.45, 7) is 5.71. The second kappa shape index (κ2) is 5.30. The fourth-order valence-corrected chi connectivity index (χ4v) is 2.23. The van der Waals surface area contributed by atoms with Gasteiger partial charge in [0, 0.05) is 0 Å². The molecule has 0 fully saturated rings. The Kier molecular flexibility index (Phi) is 4.27. The highest BCUT2D eigenvalue weighted by molar-refractivity contribution is 5.74. The molecule has 3 heteroatoms. The molecule has 1 atom stereocenters. The lowest BCUT2D eigenvalue weighted by Crippen LogP contribution is -2.31. The van der Waals surface area contributed by atoms with Gasteiger partial charge in [-0.2, -0.15) is 0 Å². The average molecular weight is 238 g/mol. The van der Waals surface area contributed by atoms with E-state index in [4.69, 9.17) is 0 Å². The Hall–Kier alpha value is -1.38. The minimum absolute atomic E-state index is 0.296. The van der Waals surface area contributed by atoms with Crippen molar-refractivity contribution in [3.8, 4) is 0 Å². The van der Waals surface area contributed by atoms with Crippen LogP contribution in [0.5, 0.6) is 0 Å². The summed E-state index contributed by atoms with van der Waals surface area (Å²) < 4.78 is 13.1. The maximum Gasteiger partial charge on any atom is 0.309 e. The van der Waals surface area contributed by atoms with E-state index in [1.54, 1.807) is 19.1 Å². The van der Waals surface area contributed by atoms with Crippen LogP contribution in [0.15, 0.2) is 24.3 Å². The molecule has 1 rings (SSSR count). The second-order valence-electron chi connectivity index (χ2n) is 5.27. The molecule has 0 heterocycles. The number of hydrogen-bond donors (Lipinski definition) is 1. The number of carboxylic acids is 1. The van der Waals surface area contributed by atoms with E-state index < -0.39 is 11.4 Å². The van der Waals surface area contributed by atoms with Crippen molar-refractivity contribution in [1.29, 1.82) is 0 Å². The van der Waals surface area contributed by atoms with Gasteiger partial charge in [-0.25, -0.2) is 4.39 Å². The molecular formula is C14H19FO2. The molecule has 0 amide bonds. The first-order valence-electron chi connectivity index (χ1n) is 5.81. The fraction of sp³-hybridized carbons (Fsp3) is 0.500. The van der Waals surface area contributed by atoms with Crippen LogP contribution < -0.4 is 0 Å². The van der Waals surface area contributed by atoms with Crippen LogP contribution >= 0.6 is 0 Å². The van der Waals surface area contributed by atoms with Crippen molar-refractivity contribution in [1.82, 2.24) is 0 Å². The highest BCUT2D eigenvalue weighted by Crippen LogP contribution is 2.30. The molecule has 2 nitrogen and oxygen atoms in total. The lowest BCUT2D eigenvalue weighted by molar-refractivity contribution is -0.148. The molecule has 17 heavy (non-hydrogen) atoms. The molecule has 0 radical (unpaired) electrons. The third kappa shape index (κ3) is 3.84. The Morgan fingerprint density at radius 1 is 1.47 bits per heavy atom. The summed E-state index contributed by atoms with van der Waals surface area (Å²) in [5, 5.41) is 9.32. The van der Waals surface area contributed by atoms with Crippen molar-refractivity contribution in [2.24, 2.45) is 11.3 Å². The number of carbonyl (C=O) groups is 1. The van der Waals surface area contributed by atoms with Crippen molar-refractivity contribution in [3.05, 3.63) is 35.6 Å². The van der Waals surface area contributed by atoms with Crippen LogP contribution in [0.1, 0.15) is 32.8 Å². The summed E-state index contributed by atoms with van der Waals surface area (Å²) in [4.78, 5) is 11.4. The molecule has 0 aliphatic carbocycles. The smallest absolute Gasteiger partial charge is 0.309 e. The number of hydrogen-bond acceptors (Lipinski definition) is 1. The monoisotopic (exact) mass is 238 g/mol. The first-order chi connectivity index (χ1) is 7.83. The molecule has 0 saturated heterocycles. The number of rotatable bonds is 5. The van der Waals surface area contributed by atoms with Gasteiger partial charge >= 0.3 is 5.97 Å². The van der Waals surface area contributed by atoms with Crippen LogP contribution in [0.25, 0.3) is 0 Å². The van der Waals surface area contributed by atoms with E-state index in [-0.39, 0.29) is 5.82 Å². The summed E-state index contributed by atoms with van der Waals surface area (Å²) in [5.41, 5.74) is -0.0994. The first kappa shape index (κ1) is 13.7. The lowest BCUT2D eigenvalue weighted by Gasteiger charge is -2.26. The molecule has 0 spiro atoms. The van der Waals surface area contributed by atoms with Gasteiger partial charge in [0.1, 0.15) is 5.82 Å². The van der Waals surface area contributed by atoms with Crippen molar-refractivity contribution in [2.75, 3.05) is 0 Å². The SMILES string of the molecule is CC(C)C[C@](C)(Cc1cccc(F)c1)C(=O)O. The van der Waals surface area contributed by atoms with E-state index in [2.05, 4.69) is 0 Å². The molecule has 0 aliphatic heterocycles. The van der Waals surface area contributed by atoms with Gasteiger partial charge in [0.25, 0.3) is 0 Å². The standard InChI is InChI=1S/C14H19FO2/c1-10(2)8-14(3,13(16)17)9-11-5-4-6-12(15)7-11/h4-7,10H,8-9H2,1-3H3,(H,16,17)/t14-/m1/s1. The van der Waals surface area contributed by atoms with E-state index >= 15 is 0 Å². The molecule has 1 N–H and O–H groups in total. The highest BCUT2D eigenvalue weighted by atomic mass is 19.1. The van der Waals surface area contributed by atoms with Gasteiger partial charge in [-0.15, -0.1) is 0 Å². The van der Waals surface area contributed by atoms with Gasteiger partial charge < -0.3 is 5.11 Å². The minimum atomic E-state index is -0.831. The number of aliphatic carboxylic acids is 1. The van der Waals surface area contributed by atoms with E-state index in [1.165, 1.54) is 12.1 Å². The van der Waals surface area contributed by atoms with Crippen molar-refractivity contribution < 1.29 is 14.3 Å². The molecule has 0 saturated carbocycles. The Morgan fingerprint density at radius 3 is 2.59 bits per heavy atom. The zero-order chi connectivity index (χ0) is 13.1. The first-order valence-corrected chi connectivity index (χ1v) is 5.81. The van der Waals surface area contributed by atoms with Crippen LogP contribution in [0.3, 0.4) is 0 Å². The molecular weight excluding hydrogens is 219 g/mol. The van der Waals surface area contributed by atoms with Gasteiger partial charge in [0.15, 0.2) is 0 Å². The number of benzene rings is 1. The molecule has 0 aliphatic rings. The molecule has 0 bridgehead atoms. The van der Waals surface area contributed by atoms with Gasteiger partial charge in [-0.1, -0.05) is 26.0 Å². The number of halogens is 1. The minimum Gasteiger partial charge on any atom is -0.481 e. The van der Waals surface area contributed by atoms with Gasteiger partial charge in [0.05, 0.1) is 5.41 Å². The quantitative estimate of drug-likeness (QED) is 0.852. The van der Waals surface area contributed by atoms with Crippen LogP contribution in [-0.2, 0) is 11.2 Å². The van der Waals surface area contributed by atoms with Crippen LogP contribution in [-0.4, -0.2) is 11.1 Å². The molecule has 0 unspecified atom stereocenters. The predicted octanol–water partition coefficient (Wildman–Crippen LogP) is 3.51. The van der Waals surface area contributed by atoms with Crippen molar-refractivity contribution >= 4 is 5.97 Å². The van der Waals surface area contributed by atoms with Crippen molar-refractivity contribution in [3.63, 3.8) is 0 Å². The largest absolute Gasteiger partial charge is 0.481 e. The fourth-order valence-electron chi connectivity index (χ4n) is 2.23. The Bertz CT molecular complexity index is 401. The third-order valence-corrected chi connectivity index (χ3v) is 2.86. The van der Waals surface area contributed by atoms with E-state index in [0.717, 1.165) is 5.56 Å². The Labute approximate surface area is 101 Å². The van der Waals surface area contributed by atoms with E-state index in [0.29, 0.717) is 18.8 Å². The summed E-state index contributed by atoms with van der Waals surface area (Å²) in [6, 6.07) is 6.15. The zero-order valence-electron chi connectivity index (χ0n) is 10.5. The van der Waals surface area contributed by atoms with Crippen LogP contribution in [0.2, 0.25) is 0 Å². The predicted molar refractivity (Wildman–Crippen MR) is 65.3 cm³/mol. The van der Waals surface area contributed by atoms with Gasteiger partial charge in [0.2, 0.25) is 0 Å². The lowest BCUT2D eigenvalue weighted by atomic mass is 9.77. The number of carboxylic acid groups (broad SMARTS) is 1. The molecule has 0 aromatic heterocycles. The zero-order valence-corrected chi connectivity index (χ0v) is 10.5. The topological polar surface area (TPSA) is 37.3 Å². The maximum atomic E-state index is 13.1. The normalized spacial score (nSPS) is 14.6. The highest BCUT2D eigenvalue weighted by Gasteiger charge is 2.33. The summed E-state index contributed by atoms with van der Waals surface area (Å²) in [5.74, 6) is -0.847. The summed E-state index contributed by atoms with van der Waals surface area (Å²) in [7, 11) is 0. The summed E-state index contributed by atoms with van der Waals surface area (Å²) in [6.07, 6.45) is 0.942. The van der Waals surface area contributed by atoms with E-state index in [9.17, 15) is 14.3 Å². The molecule has 1 aromatic rings. The summed E-state index contributed by atoms with van der Waals surface area (Å²) >= 11 is 0. The molecule has 94 valence electrons. The maximum absolute atomic E-state index is 13.1. The second-order valence-corrected chi connectivity index (χ2v) is 5.27. The van der Waals surface area contributed by atoms with Gasteiger partial charge in [-0.3, -0.25) is 4.79 Å². The van der Waals surface area contributed by atoms with Crippen molar-refractivity contribution in [2.45, 2.75) is 33.6 Å².